The summed E-state index contributed by atoms with van der Waals surface area (Å²) in [4.78, 5) is 28.9. The molecule has 1 aliphatic rings. The number of para-hydroxylation sites is 1. The minimum Gasteiger partial charge on any atom is -0.426 e. The Morgan fingerprint density at radius 2 is 1.92 bits per heavy atom. The van der Waals surface area contributed by atoms with Crippen molar-refractivity contribution in [2.24, 2.45) is 0 Å². The maximum Gasteiger partial charge on any atom is 0.315 e. The van der Waals surface area contributed by atoms with Gasteiger partial charge in [-0.2, -0.15) is 0 Å². The summed E-state index contributed by atoms with van der Waals surface area (Å²) in [7, 11) is 0. The van der Waals surface area contributed by atoms with E-state index in [0.29, 0.717) is 12.2 Å². The molecular formula is C20H18N2O3. The van der Waals surface area contributed by atoms with Crippen molar-refractivity contribution >= 4 is 28.5 Å². The van der Waals surface area contributed by atoms with Crippen LogP contribution in [-0.4, -0.2) is 23.4 Å². The van der Waals surface area contributed by atoms with Gasteiger partial charge in [0, 0.05) is 35.8 Å². The topological polar surface area (TPSA) is 62.4 Å². The number of nitrogens with one attached hydrogen (secondary N) is 1. The Morgan fingerprint density at radius 1 is 1.12 bits per heavy atom. The van der Waals surface area contributed by atoms with E-state index in [0.717, 1.165) is 35.1 Å². The van der Waals surface area contributed by atoms with Gasteiger partial charge >= 0.3 is 5.97 Å². The molecule has 0 saturated carbocycles. The summed E-state index contributed by atoms with van der Waals surface area (Å²) in [5.74, 6) is 0.319. The molecule has 1 saturated heterocycles. The van der Waals surface area contributed by atoms with Gasteiger partial charge in [-0.05, 0) is 42.3 Å². The van der Waals surface area contributed by atoms with Crippen LogP contribution in [0.1, 0.15) is 18.4 Å². The molecule has 126 valence electrons. The van der Waals surface area contributed by atoms with E-state index in [-0.39, 0.29) is 18.3 Å². The highest BCUT2D eigenvalue weighted by Crippen LogP contribution is 2.24. The number of aromatic nitrogens is 1. The van der Waals surface area contributed by atoms with Gasteiger partial charge in [-0.3, -0.25) is 9.59 Å². The molecule has 0 atom stereocenters. The smallest absolute Gasteiger partial charge is 0.315 e. The van der Waals surface area contributed by atoms with Gasteiger partial charge in [-0.25, -0.2) is 0 Å². The zero-order valence-electron chi connectivity index (χ0n) is 13.7. The van der Waals surface area contributed by atoms with Crippen molar-refractivity contribution in [2.75, 3.05) is 11.4 Å². The number of carbonyl (C=O) groups excluding carboxylic acids is 2. The van der Waals surface area contributed by atoms with Gasteiger partial charge in [0.05, 0.1) is 6.42 Å². The van der Waals surface area contributed by atoms with Crippen molar-refractivity contribution < 1.29 is 14.3 Å². The number of esters is 1. The van der Waals surface area contributed by atoms with Gasteiger partial charge in [0.25, 0.3) is 0 Å². The SMILES string of the molecule is O=C(Cc1c[nH]c2ccccc12)Oc1ccc(N2CCCC2=O)cc1. The van der Waals surface area contributed by atoms with Crippen molar-refractivity contribution in [1.29, 1.82) is 0 Å². The Bertz CT molecular complexity index is 928. The Hall–Kier alpha value is -3.08. The molecule has 5 heteroatoms. The summed E-state index contributed by atoms with van der Waals surface area (Å²) in [5, 5.41) is 1.03. The average Bonchev–Trinajstić information content (AvgIpc) is 3.22. The lowest BCUT2D eigenvalue weighted by molar-refractivity contribution is -0.133. The summed E-state index contributed by atoms with van der Waals surface area (Å²) in [5.41, 5.74) is 2.77. The molecule has 0 bridgehead atoms. The third kappa shape index (κ3) is 3.13. The number of nitrogens with zero attached hydrogens (tertiary/aromatic N) is 1. The van der Waals surface area contributed by atoms with Gasteiger partial charge in [0.1, 0.15) is 5.75 Å². The quantitative estimate of drug-likeness (QED) is 0.587. The number of amides is 1. The first-order valence-electron chi connectivity index (χ1n) is 8.37. The molecule has 0 unspecified atom stereocenters. The number of H-pyrrole nitrogens is 1. The number of anilines is 1. The van der Waals surface area contributed by atoms with Crippen molar-refractivity contribution in [3.05, 3.63) is 60.3 Å². The van der Waals surface area contributed by atoms with E-state index in [1.165, 1.54) is 0 Å². The summed E-state index contributed by atoms with van der Waals surface area (Å²) < 4.78 is 5.42. The second kappa shape index (κ2) is 6.43. The van der Waals surface area contributed by atoms with Crippen LogP contribution >= 0.6 is 0 Å². The first-order chi connectivity index (χ1) is 12.2. The highest BCUT2D eigenvalue weighted by molar-refractivity contribution is 5.95. The molecule has 1 amide bonds. The van der Waals surface area contributed by atoms with Gasteiger partial charge in [0.15, 0.2) is 0 Å². The predicted octanol–water partition coefficient (Wildman–Crippen LogP) is 3.44. The summed E-state index contributed by atoms with van der Waals surface area (Å²) in [6, 6.07) is 15.0. The molecular weight excluding hydrogens is 316 g/mol. The molecule has 0 radical (unpaired) electrons. The first kappa shape index (κ1) is 15.4. The van der Waals surface area contributed by atoms with E-state index in [2.05, 4.69) is 4.98 Å². The molecule has 2 heterocycles. The fraction of sp³-hybridized carbons (Fsp3) is 0.200. The van der Waals surface area contributed by atoms with Crippen LogP contribution in [0.25, 0.3) is 10.9 Å². The van der Waals surface area contributed by atoms with Crippen LogP contribution in [0.3, 0.4) is 0 Å². The van der Waals surface area contributed by atoms with Gasteiger partial charge < -0.3 is 14.6 Å². The molecule has 0 aliphatic carbocycles. The lowest BCUT2D eigenvalue weighted by Gasteiger charge is -2.15. The molecule has 1 N–H and O–H groups in total. The van der Waals surface area contributed by atoms with E-state index in [9.17, 15) is 9.59 Å². The van der Waals surface area contributed by atoms with E-state index in [4.69, 9.17) is 4.74 Å². The second-order valence-electron chi connectivity index (χ2n) is 6.15. The molecule has 1 aliphatic heterocycles. The minimum absolute atomic E-state index is 0.143. The fourth-order valence-electron chi connectivity index (χ4n) is 3.22. The zero-order valence-corrected chi connectivity index (χ0v) is 13.7. The first-order valence-corrected chi connectivity index (χ1v) is 8.37. The second-order valence-corrected chi connectivity index (χ2v) is 6.15. The fourth-order valence-corrected chi connectivity index (χ4v) is 3.22. The Labute approximate surface area is 145 Å². The zero-order chi connectivity index (χ0) is 17.2. The number of benzene rings is 2. The molecule has 25 heavy (non-hydrogen) atoms. The van der Waals surface area contributed by atoms with Crippen LogP contribution in [0.2, 0.25) is 0 Å². The largest absolute Gasteiger partial charge is 0.426 e. The summed E-state index contributed by atoms with van der Waals surface area (Å²) >= 11 is 0. The molecule has 0 spiro atoms. The van der Waals surface area contributed by atoms with E-state index in [1.807, 2.05) is 42.6 Å². The number of hydrogen-bond donors (Lipinski definition) is 1. The highest BCUT2D eigenvalue weighted by Gasteiger charge is 2.21. The van der Waals surface area contributed by atoms with Crippen LogP contribution < -0.4 is 9.64 Å². The molecule has 2 aromatic carbocycles. The molecule has 1 fully saturated rings. The number of ether oxygens (including phenoxy) is 1. The van der Waals surface area contributed by atoms with Crippen molar-refractivity contribution in [3.63, 3.8) is 0 Å². The van der Waals surface area contributed by atoms with E-state index < -0.39 is 0 Å². The van der Waals surface area contributed by atoms with Gasteiger partial charge in [0.2, 0.25) is 5.91 Å². The third-order valence-corrected chi connectivity index (χ3v) is 4.46. The van der Waals surface area contributed by atoms with Crippen LogP contribution in [0.15, 0.2) is 54.7 Å². The standard InChI is InChI=1S/C20H18N2O3/c23-19-6-3-11-22(19)15-7-9-16(10-8-15)25-20(24)12-14-13-21-18-5-2-1-4-17(14)18/h1-2,4-5,7-10,13,21H,3,6,11-12H2. The predicted molar refractivity (Wildman–Crippen MR) is 95.7 cm³/mol. The highest BCUT2D eigenvalue weighted by atomic mass is 16.5. The number of hydrogen-bond acceptors (Lipinski definition) is 3. The Balaban J connectivity index is 1.43. The van der Waals surface area contributed by atoms with E-state index >= 15 is 0 Å². The van der Waals surface area contributed by atoms with Gasteiger partial charge in [-0.15, -0.1) is 0 Å². The van der Waals surface area contributed by atoms with Crippen LogP contribution in [0.5, 0.6) is 5.75 Å². The van der Waals surface area contributed by atoms with Crippen LogP contribution in [0, 0.1) is 0 Å². The summed E-state index contributed by atoms with van der Waals surface area (Å²) in [6.45, 7) is 0.749. The van der Waals surface area contributed by atoms with Crippen molar-refractivity contribution in [3.8, 4) is 5.75 Å². The Morgan fingerprint density at radius 3 is 2.68 bits per heavy atom. The lowest BCUT2D eigenvalue weighted by Crippen LogP contribution is -2.23. The lowest BCUT2D eigenvalue weighted by atomic mass is 10.1. The minimum atomic E-state index is -0.310. The monoisotopic (exact) mass is 334 g/mol. The molecule has 5 nitrogen and oxygen atoms in total. The Kier molecular flexibility index (Phi) is 3.98. The maximum absolute atomic E-state index is 12.2. The van der Waals surface area contributed by atoms with Crippen molar-refractivity contribution in [1.82, 2.24) is 4.98 Å². The molecule has 3 aromatic rings. The number of rotatable bonds is 4. The number of aromatic amines is 1. The van der Waals surface area contributed by atoms with Gasteiger partial charge in [-0.1, -0.05) is 18.2 Å². The summed E-state index contributed by atoms with van der Waals surface area (Å²) in [6.07, 6.45) is 3.53. The number of carbonyl (C=O) groups is 2. The third-order valence-electron chi connectivity index (χ3n) is 4.46. The molecule has 1 aromatic heterocycles. The van der Waals surface area contributed by atoms with Crippen LogP contribution in [0.4, 0.5) is 5.69 Å². The van der Waals surface area contributed by atoms with Crippen LogP contribution in [-0.2, 0) is 16.0 Å². The normalized spacial score (nSPS) is 14.2. The van der Waals surface area contributed by atoms with Crippen molar-refractivity contribution in [2.45, 2.75) is 19.3 Å². The average molecular weight is 334 g/mol. The number of fused-ring (bicyclic) bond motifs is 1. The molecule has 4 rings (SSSR count). The maximum atomic E-state index is 12.2. The van der Waals surface area contributed by atoms with E-state index in [1.54, 1.807) is 17.0 Å².